The zero-order valence-corrected chi connectivity index (χ0v) is 25.0. The van der Waals surface area contributed by atoms with E-state index in [-0.39, 0.29) is 21.7 Å². The first-order valence-corrected chi connectivity index (χ1v) is 17.6. The average Bonchev–Trinajstić information content (AvgIpc) is 3.13. The van der Waals surface area contributed by atoms with Crippen molar-refractivity contribution < 1.29 is 13.9 Å². The number of fused-ring (bicyclic) bond motifs is 5. The summed E-state index contributed by atoms with van der Waals surface area (Å²) >= 11 is 0. The van der Waals surface area contributed by atoms with Crippen LogP contribution in [0, 0.1) is 34.5 Å². The van der Waals surface area contributed by atoms with Crippen LogP contribution in [0.4, 0.5) is 4.39 Å². The van der Waals surface area contributed by atoms with Gasteiger partial charge in [-0.3, -0.25) is 0 Å². The molecule has 0 heterocycles. The maximum Gasteiger partial charge on any atom is 0.192 e. The van der Waals surface area contributed by atoms with Gasteiger partial charge in [-0.25, -0.2) is 4.39 Å². The lowest BCUT2D eigenvalue weighted by Crippen LogP contribution is -2.53. The molecule has 0 aromatic rings. The van der Waals surface area contributed by atoms with Gasteiger partial charge >= 0.3 is 0 Å². The van der Waals surface area contributed by atoms with Crippen molar-refractivity contribution in [1.82, 2.24) is 0 Å². The van der Waals surface area contributed by atoms with Crippen LogP contribution in [0.3, 0.4) is 0 Å². The van der Waals surface area contributed by atoms with Gasteiger partial charge in [-0.15, -0.1) is 0 Å². The Morgan fingerprint density at radius 2 is 1.77 bits per heavy atom. The van der Waals surface area contributed by atoms with Gasteiger partial charge in [-0.1, -0.05) is 66.0 Å². The van der Waals surface area contributed by atoms with Crippen molar-refractivity contribution in [3.05, 3.63) is 23.0 Å². The monoisotopic (exact) mass is 504 g/mol. The minimum absolute atomic E-state index is 0.0667. The lowest BCUT2D eigenvalue weighted by molar-refractivity contribution is -0.0499. The third-order valence-electron chi connectivity index (χ3n) is 11.6. The van der Waals surface area contributed by atoms with Crippen LogP contribution in [-0.4, -0.2) is 26.1 Å². The molecule has 0 aliphatic heterocycles. The second-order valence-corrected chi connectivity index (χ2v) is 19.2. The van der Waals surface area contributed by atoms with Gasteiger partial charge in [0, 0.05) is 6.10 Å². The molecule has 1 N–H and O–H groups in total. The molecule has 0 bridgehead atoms. The lowest BCUT2D eigenvalue weighted by Gasteiger charge is -2.60. The smallest absolute Gasteiger partial charge is 0.192 e. The summed E-state index contributed by atoms with van der Waals surface area (Å²) in [6.45, 7) is 18.6. The number of aliphatic hydroxyl groups excluding tert-OH is 1. The summed E-state index contributed by atoms with van der Waals surface area (Å²) in [7, 11) is -1.78. The summed E-state index contributed by atoms with van der Waals surface area (Å²) in [5.74, 6) is 2.27. The molecule has 3 fully saturated rings. The fourth-order valence-corrected chi connectivity index (χ4v) is 9.94. The second kappa shape index (κ2) is 9.69. The number of halogens is 1. The van der Waals surface area contributed by atoms with Crippen LogP contribution in [-0.2, 0) is 4.43 Å². The first kappa shape index (κ1) is 27.6. The standard InChI is InChI=1S/C31H53FO2Si/c1-9-10-11-21-18-22-19-23(34-35(7,8)29(2,3)4)14-16-30(22,5)26-15-17-31(6)24(27(32)20-33)12-13-25(31)28(21)26/h18,21,23,25-26,28,33H,9-17,19-20H2,1-8H3/t21-,23?,25-,26-,28-,30-,31+/m0/s1. The summed E-state index contributed by atoms with van der Waals surface area (Å²) in [4.78, 5) is 0. The molecule has 7 atom stereocenters. The van der Waals surface area contributed by atoms with Gasteiger partial charge in [0.15, 0.2) is 8.32 Å². The molecule has 2 nitrogen and oxygen atoms in total. The van der Waals surface area contributed by atoms with E-state index in [2.05, 4.69) is 60.7 Å². The summed E-state index contributed by atoms with van der Waals surface area (Å²) in [6.07, 6.45) is 14.6. The molecule has 3 saturated carbocycles. The van der Waals surface area contributed by atoms with E-state index in [4.69, 9.17) is 4.43 Å². The molecular formula is C31H53FO2Si. The van der Waals surface area contributed by atoms with Crippen molar-refractivity contribution in [2.45, 2.75) is 130 Å². The summed E-state index contributed by atoms with van der Waals surface area (Å²) < 4.78 is 21.7. The highest BCUT2D eigenvalue weighted by atomic mass is 28.4. The van der Waals surface area contributed by atoms with E-state index in [0.717, 1.165) is 31.3 Å². The van der Waals surface area contributed by atoms with E-state index in [9.17, 15) is 9.50 Å². The molecule has 0 aromatic carbocycles. The Kier molecular flexibility index (Phi) is 7.64. The largest absolute Gasteiger partial charge is 0.414 e. The van der Waals surface area contributed by atoms with E-state index in [1.54, 1.807) is 5.57 Å². The van der Waals surface area contributed by atoms with Gasteiger partial charge < -0.3 is 9.53 Å². The molecule has 200 valence electrons. The van der Waals surface area contributed by atoms with E-state index >= 15 is 0 Å². The normalized spacial score (nSPS) is 41.1. The van der Waals surface area contributed by atoms with Gasteiger partial charge in [0.25, 0.3) is 0 Å². The molecular weight excluding hydrogens is 451 g/mol. The van der Waals surface area contributed by atoms with Crippen molar-refractivity contribution in [2.24, 2.45) is 34.5 Å². The van der Waals surface area contributed by atoms with E-state index in [0.29, 0.717) is 29.8 Å². The number of aliphatic hydroxyl groups is 1. The minimum Gasteiger partial charge on any atom is -0.414 e. The quantitative estimate of drug-likeness (QED) is 0.289. The lowest BCUT2D eigenvalue weighted by atomic mass is 9.45. The van der Waals surface area contributed by atoms with Gasteiger partial charge in [-0.05, 0) is 110 Å². The van der Waals surface area contributed by atoms with Crippen LogP contribution in [0.5, 0.6) is 0 Å². The van der Waals surface area contributed by atoms with Crippen molar-refractivity contribution in [1.29, 1.82) is 0 Å². The van der Waals surface area contributed by atoms with E-state index in [1.807, 2.05) is 0 Å². The fraction of sp³-hybridized carbons (Fsp3) is 0.871. The van der Waals surface area contributed by atoms with Crippen LogP contribution in [0.2, 0.25) is 18.1 Å². The molecule has 0 aromatic heterocycles. The maximum atomic E-state index is 14.8. The molecule has 35 heavy (non-hydrogen) atoms. The van der Waals surface area contributed by atoms with Crippen molar-refractivity contribution >= 4 is 8.32 Å². The summed E-state index contributed by atoms with van der Waals surface area (Å²) in [5.41, 5.74) is 2.84. The second-order valence-electron chi connectivity index (χ2n) is 14.5. The molecule has 4 aliphatic carbocycles. The SMILES string of the molecule is CCCC[C@H]1C=C2CC(O[Si](C)(C)C(C)(C)C)CC[C@]2(C)[C@H]2CC[C@]3(C)C(=C(F)CO)CC[C@H]3[C@H]12. The number of rotatable bonds is 6. The number of allylic oxidation sites excluding steroid dienone is 2. The number of unbranched alkanes of at least 4 members (excludes halogenated alkanes) is 1. The first-order valence-electron chi connectivity index (χ1n) is 14.7. The third kappa shape index (κ3) is 4.67. The first-order chi connectivity index (χ1) is 16.3. The fourth-order valence-electron chi connectivity index (χ4n) is 8.55. The Hall–Kier alpha value is -0.453. The van der Waals surface area contributed by atoms with Gasteiger partial charge in [0.1, 0.15) is 5.83 Å². The summed E-state index contributed by atoms with van der Waals surface area (Å²) in [5, 5.41) is 9.84. The molecule has 0 amide bonds. The Balaban J connectivity index is 1.66. The Morgan fingerprint density at radius 3 is 2.40 bits per heavy atom. The highest BCUT2D eigenvalue weighted by Gasteiger charge is 2.60. The van der Waals surface area contributed by atoms with E-state index in [1.165, 1.54) is 38.5 Å². The van der Waals surface area contributed by atoms with Gasteiger partial charge in [0.05, 0.1) is 6.61 Å². The third-order valence-corrected chi connectivity index (χ3v) is 16.2. The van der Waals surface area contributed by atoms with Crippen LogP contribution in [0.1, 0.15) is 106 Å². The van der Waals surface area contributed by atoms with Crippen LogP contribution in [0.25, 0.3) is 0 Å². The highest BCUT2D eigenvalue weighted by molar-refractivity contribution is 6.74. The van der Waals surface area contributed by atoms with Crippen LogP contribution in [0.15, 0.2) is 23.0 Å². The molecule has 4 rings (SSSR count). The molecule has 4 aliphatic rings. The Labute approximate surface area is 216 Å². The van der Waals surface area contributed by atoms with Crippen molar-refractivity contribution in [3.63, 3.8) is 0 Å². The highest BCUT2D eigenvalue weighted by Crippen LogP contribution is 2.68. The average molecular weight is 505 g/mol. The van der Waals surface area contributed by atoms with Gasteiger partial charge in [-0.2, -0.15) is 0 Å². The van der Waals surface area contributed by atoms with E-state index < -0.39 is 14.9 Å². The molecule has 1 unspecified atom stereocenters. The molecule has 4 heteroatoms. The minimum atomic E-state index is -1.78. The van der Waals surface area contributed by atoms with Gasteiger partial charge in [0.2, 0.25) is 0 Å². The Morgan fingerprint density at radius 1 is 1.11 bits per heavy atom. The maximum absolute atomic E-state index is 14.8. The molecule has 0 saturated heterocycles. The predicted molar refractivity (Wildman–Crippen MR) is 147 cm³/mol. The van der Waals surface area contributed by atoms with Crippen molar-refractivity contribution in [3.8, 4) is 0 Å². The summed E-state index contributed by atoms with van der Waals surface area (Å²) in [6, 6.07) is 0. The Bertz CT molecular complexity index is 855. The topological polar surface area (TPSA) is 29.5 Å². The zero-order valence-electron chi connectivity index (χ0n) is 24.0. The van der Waals surface area contributed by atoms with Crippen LogP contribution < -0.4 is 0 Å². The zero-order chi connectivity index (χ0) is 25.8. The van der Waals surface area contributed by atoms with Crippen LogP contribution >= 0.6 is 0 Å². The number of hydrogen-bond donors (Lipinski definition) is 1. The van der Waals surface area contributed by atoms with Crippen molar-refractivity contribution in [2.75, 3.05) is 6.61 Å². The number of hydrogen-bond acceptors (Lipinski definition) is 2. The molecule has 0 spiro atoms. The molecule has 0 radical (unpaired) electrons. The predicted octanol–water partition coefficient (Wildman–Crippen LogP) is 8.97.